The second-order valence-electron chi connectivity index (χ2n) is 3.90. The highest BCUT2D eigenvalue weighted by Gasteiger charge is 2.06. The Balaban J connectivity index is 2.57. The first kappa shape index (κ1) is 8.42. The number of benzene rings is 1. The highest BCUT2D eigenvalue weighted by molar-refractivity contribution is 5.93. The fourth-order valence-electron chi connectivity index (χ4n) is 2.00. The lowest BCUT2D eigenvalue weighted by Gasteiger charge is -1.98. The van der Waals surface area contributed by atoms with E-state index >= 15 is 0 Å². The SMILES string of the molecule is Cc1cc[n+]2ccc3ccccc3c2c1. The normalized spacial score (nSPS) is 11.0. The van der Waals surface area contributed by atoms with Crippen molar-refractivity contribution in [2.45, 2.75) is 6.92 Å². The third kappa shape index (κ3) is 1.28. The fourth-order valence-corrected chi connectivity index (χ4v) is 2.00. The number of pyridine rings is 2. The summed E-state index contributed by atoms with van der Waals surface area (Å²) in [7, 11) is 0. The zero-order chi connectivity index (χ0) is 10.3. The standard InChI is InChI=1S/C14H12N/c1-11-6-8-15-9-7-12-4-2-3-5-13(12)14(15)10-11/h2-10H,1H3/q+1. The lowest BCUT2D eigenvalue weighted by Crippen LogP contribution is -2.20. The summed E-state index contributed by atoms with van der Waals surface area (Å²) in [6, 6.07) is 15.0. The van der Waals surface area contributed by atoms with Crippen molar-refractivity contribution in [3.63, 3.8) is 0 Å². The smallest absolute Gasteiger partial charge is 0.167 e. The molecule has 0 radical (unpaired) electrons. The Kier molecular flexibility index (Phi) is 1.72. The average molecular weight is 194 g/mol. The minimum atomic E-state index is 1.27. The monoisotopic (exact) mass is 194 g/mol. The third-order valence-electron chi connectivity index (χ3n) is 2.79. The molecule has 1 heteroatoms. The van der Waals surface area contributed by atoms with Crippen molar-refractivity contribution in [3.8, 4) is 0 Å². The van der Waals surface area contributed by atoms with Crippen LogP contribution in [-0.2, 0) is 0 Å². The largest absolute Gasteiger partial charge is 0.218 e. The van der Waals surface area contributed by atoms with Gasteiger partial charge < -0.3 is 0 Å². The van der Waals surface area contributed by atoms with Gasteiger partial charge in [-0.15, -0.1) is 0 Å². The van der Waals surface area contributed by atoms with Gasteiger partial charge in [0.25, 0.3) is 0 Å². The first-order chi connectivity index (χ1) is 7.34. The first-order valence-corrected chi connectivity index (χ1v) is 5.14. The first-order valence-electron chi connectivity index (χ1n) is 5.14. The maximum absolute atomic E-state index is 2.22. The van der Waals surface area contributed by atoms with Crippen LogP contribution in [0.15, 0.2) is 54.9 Å². The number of hydrogen-bond acceptors (Lipinski definition) is 0. The molecule has 0 fully saturated rings. The number of aromatic nitrogens is 1. The van der Waals surface area contributed by atoms with E-state index in [1.54, 1.807) is 0 Å². The molecule has 0 atom stereocenters. The molecule has 0 aliphatic carbocycles. The summed E-state index contributed by atoms with van der Waals surface area (Å²) in [5.41, 5.74) is 2.57. The molecular weight excluding hydrogens is 182 g/mol. The second kappa shape index (κ2) is 3.06. The van der Waals surface area contributed by atoms with E-state index in [-0.39, 0.29) is 0 Å². The van der Waals surface area contributed by atoms with E-state index in [1.807, 2.05) is 0 Å². The van der Waals surface area contributed by atoms with Crippen molar-refractivity contribution >= 4 is 16.3 Å². The molecule has 0 saturated carbocycles. The summed E-state index contributed by atoms with van der Waals surface area (Å²) in [5, 5.41) is 2.60. The van der Waals surface area contributed by atoms with Crippen LogP contribution in [0.1, 0.15) is 5.56 Å². The third-order valence-corrected chi connectivity index (χ3v) is 2.79. The van der Waals surface area contributed by atoms with Crippen LogP contribution in [0, 0.1) is 6.92 Å². The quantitative estimate of drug-likeness (QED) is 0.383. The van der Waals surface area contributed by atoms with Crippen molar-refractivity contribution in [1.82, 2.24) is 0 Å². The van der Waals surface area contributed by atoms with E-state index in [0.717, 1.165) is 0 Å². The average Bonchev–Trinajstić information content (AvgIpc) is 2.29. The van der Waals surface area contributed by atoms with Crippen molar-refractivity contribution in [2.24, 2.45) is 0 Å². The van der Waals surface area contributed by atoms with E-state index in [0.29, 0.717) is 0 Å². The predicted molar refractivity (Wildman–Crippen MR) is 61.8 cm³/mol. The van der Waals surface area contributed by atoms with Gasteiger partial charge in [-0.05, 0) is 23.9 Å². The zero-order valence-electron chi connectivity index (χ0n) is 8.64. The zero-order valence-corrected chi connectivity index (χ0v) is 8.64. The van der Waals surface area contributed by atoms with Crippen LogP contribution >= 0.6 is 0 Å². The van der Waals surface area contributed by atoms with Gasteiger partial charge in [-0.1, -0.05) is 18.2 Å². The molecule has 3 aromatic rings. The predicted octanol–water partition coefficient (Wildman–Crippen LogP) is 2.89. The van der Waals surface area contributed by atoms with Crippen molar-refractivity contribution < 1.29 is 4.40 Å². The molecule has 0 saturated heterocycles. The Bertz CT molecular complexity index is 641. The van der Waals surface area contributed by atoms with Gasteiger partial charge in [-0.3, -0.25) is 0 Å². The Morgan fingerprint density at radius 2 is 1.73 bits per heavy atom. The van der Waals surface area contributed by atoms with E-state index < -0.39 is 0 Å². The van der Waals surface area contributed by atoms with Crippen LogP contribution in [0.25, 0.3) is 16.3 Å². The Morgan fingerprint density at radius 3 is 2.67 bits per heavy atom. The molecule has 0 aliphatic heterocycles. The van der Waals surface area contributed by atoms with Gasteiger partial charge in [0.1, 0.15) is 0 Å². The highest BCUT2D eigenvalue weighted by Crippen LogP contribution is 2.16. The van der Waals surface area contributed by atoms with Gasteiger partial charge in [0.05, 0.1) is 5.39 Å². The lowest BCUT2D eigenvalue weighted by molar-refractivity contribution is -0.510. The van der Waals surface area contributed by atoms with E-state index in [9.17, 15) is 0 Å². The van der Waals surface area contributed by atoms with E-state index in [4.69, 9.17) is 0 Å². The van der Waals surface area contributed by atoms with Gasteiger partial charge in [-0.2, -0.15) is 4.40 Å². The summed E-state index contributed by atoms with van der Waals surface area (Å²) < 4.78 is 2.16. The fraction of sp³-hybridized carbons (Fsp3) is 0.0714. The molecule has 1 aromatic carbocycles. The number of aryl methyl sites for hydroxylation is 1. The number of fused-ring (bicyclic) bond motifs is 3. The molecule has 3 rings (SSSR count). The summed E-state index contributed by atoms with van der Waals surface area (Å²) in [6.45, 7) is 2.13. The maximum atomic E-state index is 2.22. The molecule has 0 N–H and O–H groups in total. The van der Waals surface area contributed by atoms with Crippen LogP contribution in [0.2, 0.25) is 0 Å². The van der Waals surface area contributed by atoms with Gasteiger partial charge >= 0.3 is 0 Å². The van der Waals surface area contributed by atoms with Gasteiger partial charge in [0, 0.05) is 18.2 Å². The molecule has 0 spiro atoms. The van der Waals surface area contributed by atoms with Crippen molar-refractivity contribution in [1.29, 1.82) is 0 Å². The molecule has 0 unspecified atom stereocenters. The van der Waals surface area contributed by atoms with Crippen LogP contribution < -0.4 is 4.40 Å². The van der Waals surface area contributed by atoms with Crippen LogP contribution in [0.4, 0.5) is 0 Å². The Labute approximate surface area is 88.6 Å². The molecule has 0 aliphatic rings. The van der Waals surface area contributed by atoms with Crippen LogP contribution in [0.3, 0.4) is 0 Å². The van der Waals surface area contributed by atoms with Gasteiger partial charge in [-0.25, -0.2) is 0 Å². The number of hydrogen-bond donors (Lipinski definition) is 0. The minimum Gasteiger partial charge on any atom is -0.167 e. The summed E-state index contributed by atoms with van der Waals surface area (Å²) >= 11 is 0. The number of nitrogens with zero attached hydrogens (tertiary/aromatic N) is 1. The number of rotatable bonds is 0. The molecule has 0 bridgehead atoms. The lowest BCUT2D eigenvalue weighted by atomic mass is 10.1. The highest BCUT2D eigenvalue weighted by atomic mass is 14.8. The molecular formula is C14H12N+. The topological polar surface area (TPSA) is 4.10 Å². The Morgan fingerprint density at radius 1 is 0.933 bits per heavy atom. The maximum Gasteiger partial charge on any atom is 0.218 e. The van der Waals surface area contributed by atoms with Crippen molar-refractivity contribution in [2.75, 3.05) is 0 Å². The second-order valence-corrected chi connectivity index (χ2v) is 3.90. The molecule has 2 heterocycles. The minimum absolute atomic E-state index is 1.27. The molecule has 1 nitrogen and oxygen atoms in total. The summed E-state index contributed by atoms with van der Waals surface area (Å²) in [5.74, 6) is 0. The molecule has 15 heavy (non-hydrogen) atoms. The van der Waals surface area contributed by atoms with Gasteiger partial charge in [0.15, 0.2) is 12.4 Å². The molecule has 72 valence electrons. The molecule has 0 amide bonds. The van der Waals surface area contributed by atoms with E-state index in [1.165, 1.54) is 21.9 Å². The Hall–Kier alpha value is -1.89. The van der Waals surface area contributed by atoms with E-state index in [2.05, 4.69) is 66.2 Å². The summed E-state index contributed by atoms with van der Waals surface area (Å²) in [6.07, 6.45) is 4.22. The van der Waals surface area contributed by atoms with Crippen molar-refractivity contribution in [3.05, 3.63) is 60.4 Å². The summed E-state index contributed by atoms with van der Waals surface area (Å²) in [4.78, 5) is 0. The van der Waals surface area contributed by atoms with Crippen LogP contribution in [-0.4, -0.2) is 0 Å². The van der Waals surface area contributed by atoms with Crippen LogP contribution in [0.5, 0.6) is 0 Å². The molecule has 2 aromatic heterocycles. The van der Waals surface area contributed by atoms with Gasteiger partial charge in [0.2, 0.25) is 5.52 Å².